The molecule has 1 aromatic carbocycles. The van der Waals surface area contributed by atoms with Crippen molar-refractivity contribution in [3.63, 3.8) is 0 Å². The molecule has 4 rings (SSSR count). The highest BCUT2D eigenvalue weighted by molar-refractivity contribution is 5.96. The first kappa shape index (κ1) is 16.8. The summed E-state index contributed by atoms with van der Waals surface area (Å²) in [4.78, 5) is 19.7. The molecule has 1 aliphatic rings. The van der Waals surface area contributed by atoms with Crippen LogP contribution >= 0.6 is 0 Å². The van der Waals surface area contributed by atoms with Gasteiger partial charge < -0.3 is 4.90 Å². The molecule has 0 saturated carbocycles. The smallest absolute Gasteiger partial charge is 0.257 e. The molecule has 0 unspecified atom stereocenters. The number of hydrogen-bond acceptors (Lipinski definition) is 3. The van der Waals surface area contributed by atoms with Crippen molar-refractivity contribution in [1.82, 2.24) is 19.5 Å². The molecule has 0 bridgehead atoms. The monoisotopic (exact) mass is 348 g/mol. The predicted molar refractivity (Wildman–Crippen MR) is 102 cm³/mol. The van der Waals surface area contributed by atoms with Gasteiger partial charge in [0.25, 0.3) is 5.91 Å². The summed E-state index contributed by atoms with van der Waals surface area (Å²) in [5.74, 6) is 0.0681. The Hall–Kier alpha value is -2.69. The number of fused-ring (bicyclic) bond motifs is 1. The van der Waals surface area contributed by atoms with E-state index in [4.69, 9.17) is 0 Å². The average Bonchev–Trinajstić information content (AvgIpc) is 2.99. The standard InChI is InChI=1S/C21H24N4O/c1-14-9-7-8-12-24(14)21(26)18-13-22-20-19(17-10-5-4-6-11-17)15(2)23-25(20)16(18)3/h4-6,10-11,13-14H,7-9,12H2,1-3H3/t14-/m1/s1. The summed E-state index contributed by atoms with van der Waals surface area (Å²) in [6.07, 6.45) is 5.06. The Morgan fingerprint density at radius 3 is 2.65 bits per heavy atom. The molecule has 0 N–H and O–H groups in total. The number of amides is 1. The van der Waals surface area contributed by atoms with Gasteiger partial charge in [0.2, 0.25) is 0 Å². The van der Waals surface area contributed by atoms with Crippen molar-refractivity contribution in [2.75, 3.05) is 6.54 Å². The van der Waals surface area contributed by atoms with Gasteiger partial charge in [-0.25, -0.2) is 9.50 Å². The number of piperidine rings is 1. The molecule has 1 atom stereocenters. The molecule has 2 aromatic heterocycles. The molecule has 5 nitrogen and oxygen atoms in total. The molecule has 1 fully saturated rings. The molecule has 1 saturated heterocycles. The van der Waals surface area contributed by atoms with E-state index in [0.717, 1.165) is 47.5 Å². The van der Waals surface area contributed by atoms with Crippen LogP contribution in [0.15, 0.2) is 36.5 Å². The van der Waals surface area contributed by atoms with Crippen LogP contribution in [0.2, 0.25) is 0 Å². The van der Waals surface area contributed by atoms with Gasteiger partial charge in [-0.1, -0.05) is 30.3 Å². The van der Waals surface area contributed by atoms with E-state index in [-0.39, 0.29) is 11.9 Å². The molecule has 0 aliphatic carbocycles. The van der Waals surface area contributed by atoms with Crippen molar-refractivity contribution in [3.8, 4) is 11.1 Å². The minimum absolute atomic E-state index is 0.0681. The van der Waals surface area contributed by atoms with Crippen LogP contribution in [0.3, 0.4) is 0 Å². The third kappa shape index (κ3) is 2.68. The zero-order valence-corrected chi connectivity index (χ0v) is 15.6. The molecule has 134 valence electrons. The summed E-state index contributed by atoms with van der Waals surface area (Å²) >= 11 is 0. The predicted octanol–water partition coefficient (Wildman–Crippen LogP) is 4.03. The van der Waals surface area contributed by atoms with Crippen LogP contribution < -0.4 is 0 Å². The lowest BCUT2D eigenvalue weighted by molar-refractivity contribution is 0.0633. The lowest BCUT2D eigenvalue weighted by Crippen LogP contribution is -2.42. The zero-order chi connectivity index (χ0) is 18.3. The van der Waals surface area contributed by atoms with Crippen LogP contribution in [0.4, 0.5) is 0 Å². The summed E-state index contributed by atoms with van der Waals surface area (Å²) < 4.78 is 1.82. The third-order valence-electron chi connectivity index (χ3n) is 5.42. The second-order valence-electron chi connectivity index (χ2n) is 7.16. The number of nitrogens with zero attached hydrogens (tertiary/aromatic N) is 4. The summed E-state index contributed by atoms with van der Waals surface area (Å²) in [5, 5.41) is 4.68. The van der Waals surface area contributed by atoms with Crippen molar-refractivity contribution in [2.24, 2.45) is 0 Å². The van der Waals surface area contributed by atoms with E-state index in [0.29, 0.717) is 5.56 Å². The number of rotatable bonds is 2. The number of benzene rings is 1. The Bertz CT molecular complexity index is 961. The number of carbonyl (C=O) groups is 1. The summed E-state index contributed by atoms with van der Waals surface area (Å²) in [6.45, 7) is 6.90. The Balaban J connectivity index is 1.80. The third-order valence-corrected chi connectivity index (χ3v) is 5.42. The van der Waals surface area contributed by atoms with Crippen molar-refractivity contribution in [3.05, 3.63) is 53.5 Å². The van der Waals surface area contributed by atoms with Gasteiger partial charge in [-0.15, -0.1) is 0 Å². The van der Waals surface area contributed by atoms with E-state index in [1.54, 1.807) is 6.20 Å². The Morgan fingerprint density at radius 1 is 1.15 bits per heavy atom. The summed E-state index contributed by atoms with van der Waals surface area (Å²) in [7, 11) is 0. The number of carbonyl (C=O) groups excluding carboxylic acids is 1. The summed E-state index contributed by atoms with van der Waals surface area (Å²) in [5.41, 5.74) is 5.34. The highest BCUT2D eigenvalue weighted by Gasteiger charge is 2.27. The Morgan fingerprint density at radius 2 is 1.92 bits per heavy atom. The van der Waals surface area contributed by atoms with Gasteiger partial charge in [-0.3, -0.25) is 4.79 Å². The van der Waals surface area contributed by atoms with E-state index >= 15 is 0 Å². The molecule has 0 spiro atoms. The fourth-order valence-corrected chi connectivity index (χ4v) is 3.91. The highest BCUT2D eigenvalue weighted by Crippen LogP contribution is 2.28. The molecule has 3 aromatic rings. The maximum Gasteiger partial charge on any atom is 0.257 e. The minimum Gasteiger partial charge on any atom is -0.336 e. The fraction of sp³-hybridized carbons (Fsp3) is 0.381. The highest BCUT2D eigenvalue weighted by atomic mass is 16.2. The second kappa shape index (κ2) is 6.56. The number of aromatic nitrogens is 3. The SMILES string of the molecule is Cc1nn2c(C)c(C(=O)N3CCCC[C@H]3C)cnc2c1-c1ccccc1. The van der Waals surface area contributed by atoms with Crippen molar-refractivity contribution < 1.29 is 4.79 Å². The van der Waals surface area contributed by atoms with Crippen molar-refractivity contribution in [1.29, 1.82) is 0 Å². The number of likely N-dealkylation sites (tertiary alicyclic amines) is 1. The second-order valence-corrected chi connectivity index (χ2v) is 7.16. The maximum atomic E-state index is 13.1. The van der Waals surface area contributed by atoms with Crippen LogP contribution in [0.1, 0.15) is 47.9 Å². The van der Waals surface area contributed by atoms with Crippen LogP contribution in [-0.2, 0) is 0 Å². The molecule has 5 heteroatoms. The summed E-state index contributed by atoms with van der Waals surface area (Å²) in [6, 6.07) is 10.4. The zero-order valence-electron chi connectivity index (χ0n) is 15.6. The lowest BCUT2D eigenvalue weighted by atomic mass is 10.0. The first-order valence-electron chi connectivity index (χ1n) is 9.29. The van der Waals surface area contributed by atoms with E-state index < -0.39 is 0 Å². The van der Waals surface area contributed by atoms with Gasteiger partial charge in [0.1, 0.15) is 0 Å². The number of aryl methyl sites for hydroxylation is 2. The number of hydrogen-bond donors (Lipinski definition) is 0. The normalized spacial score (nSPS) is 17.7. The van der Waals surface area contributed by atoms with Gasteiger partial charge in [0, 0.05) is 24.3 Å². The van der Waals surface area contributed by atoms with Gasteiger partial charge in [-0.05, 0) is 45.6 Å². The van der Waals surface area contributed by atoms with Crippen molar-refractivity contribution >= 4 is 11.6 Å². The molecular formula is C21H24N4O. The minimum atomic E-state index is 0.0681. The molecule has 26 heavy (non-hydrogen) atoms. The van der Waals surface area contributed by atoms with Crippen LogP contribution in [-0.4, -0.2) is 38.0 Å². The molecule has 3 heterocycles. The van der Waals surface area contributed by atoms with E-state index in [9.17, 15) is 4.79 Å². The average molecular weight is 348 g/mol. The van der Waals surface area contributed by atoms with Crippen LogP contribution in [0.5, 0.6) is 0 Å². The fourth-order valence-electron chi connectivity index (χ4n) is 3.91. The van der Waals surface area contributed by atoms with Gasteiger partial charge in [0.05, 0.1) is 17.0 Å². The van der Waals surface area contributed by atoms with E-state index in [1.807, 2.05) is 41.5 Å². The molecule has 1 amide bonds. The quantitative estimate of drug-likeness (QED) is 0.702. The Kier molecular flexibility index (Phi) is 4.23. The first-order chi connectivity index (χ1) is 12.6. The lowest BCUT2D eigenvalue weighted by Gasteiger charge is -2.33. The van der Waals surface area contributed by atoms with Crippen LogP contribution in [0.25, 0.3) is 16.8 Å². The molecular weight excluding hydrogens is 324 g/mol. The van der Waals surface area contributed by atoms with E-state index in [1.165, 1.54) is 6.42 Å². The van der Waals surface area contributed by atoms with Gasteiger partial charge in [0.15, 0.2) is 5.65 Å². The van der Waals surface area contributed by atoms with Crippen LogP contribution in [0, 0.1) is 13.8 Å². The maximum absolute atomic E-state index is 13.1. The van der Waals surface area contributed by atoms with Gasteiger partial charge >= 0.3 is 0 Å². The largest absolute Gasteiger partial charge is 0.336 e. The Labute approximate surface area is 153 Å². The molecule has 1 aliphatic heterocycles. The topological polar surface area (TPSA) is 50.5 Å². The van der Waals surface area contributed by atoms with Gasteiger partial charge in [-0.2, -0.15) is 5.10 Å². The van der Waals surface area contributed by atoms with E-state index in [2.05, 4.69) is 29.1 Å². The molecule has 0 radical (unpaired) electrons. The van der Waals surface area contributed by atoms with Crippen molar-refractivity contribution in [2.45, 2.75) is 46.1 Å². The first-order valence-corrected chi connectivity index (χ1v) is 9.29.